The summed E-state index contributed by atoms with van der Waals surface area (Å²) in [5, 5.41) is 12.9. The molecule has 0 bridgehead atoms. The lowest BCUT2D eigenvalue weighted by molar-refractivity contribution is -0.138. The largest absolute Gasteiger partial charge is 0.481 e. The monoisotopic (exact) mass is 358 g/mol. The van der Waals surface area contributed by atoms with Gasteiger partial charge in [-0.1, -0.05) is 13.8 Å². The Hall–Kier alpha value is -2.70. The second kappa shape index (κ2) is 7.68. The van der Waals surface area contributed by atoms with Crippen molar-refractivity contribution < 1.29 is 14.7 Å². The van der Waals surface area contributed by atoms with Gasteiger partial charge >= 0.3 is 5.97 Å². The number of aliphatic carboxylic acids is 1. The van der Waals surface area contributed by atoms with Crippen LogP contribution in [0.3, 0.4) is 0 Å². The topological polar surface area (TPSA) is 95.4 Å². The minimum atomic E-state index is -0.935. The number of rotatable bonds is 7. The molecule has 0 spiro atoms. The summed E-state index contributed by atoms with van der Waals surface area (Å²) in [6.07, 6.45) is 1.91. The Kier molecular flexibility index (Phi) is 5.79. The van der Waals surface area contributed by atoms with Crippen LogP contribution < -0.4 is 10.2 Å². The molecule has 1 unspecified atom stereocenters. The maximum absolute atomic E-state index is 12.7. The van der Waals surface area contributed by atoms with E-state index in [1.807, 2.05) is 38.9 Å². The first-order valence-corrected chi connectivity index (χ1v) is 8.58. The number of carboxylic acids is 1. The van der Waals surface area contributed by atoms with Crippen LogP contribution in [0, 0.1) is 5.92 Å². The van der Waals surface area contributed by atoms with Gasteiger partial charge in [0.25, 0.3) is 5.91 Å². The van der Waals surface area contributed by atoms with Crippen molar-refractivity contribution in [2.45, 2.75) is 39.2 Å². The molecule has 1 amide bonds. The number of hydrogen-bond acceptors (Lipinski definition) is 5. The second-order valence-electron chi connectivity index (χ2n) is 7.51. The lowest BCUT2D eigenvalue weighted by atomic mass is 9.87. The zero-order valence-corrected chi connectivity index (χ0v) is 15.9. The van der Waals surface area contributed by atoms with Crippen molar-refractivity contribution in [1.29, 1.82) is 0 Å². The third kappa shape index (κ3) is 4.68. The van der Waals surface area contributed by atoms with Crippen LogP contribution in [0.2, 0.25) is 0 Å². The van der Waals surface area contributed by atoms with Crippen molar-refractivity contribution in [3.8, 4) is 0 Å². The van der Waals surface area contributed by atoms with Crippen molar-refractivity contribution in [2.75, 3.05) is 19.0 Å². The van der Waals surface area contributed by atoms with E-state index in [1.54, 1.807) is 19.1 Å². The Bertz CT molecular complexity index is 820. The van der Waals surface area contributed by atoms with Gasteiger partial charge in [-0.25, -0.2) is 9.97 Å². The predicted molar refractivity (Wildman–Crippen MR) is 101 cm³/mol. The molecule has 1 aromatic carbocycles. The van der Waals surface area contributed by atoms with E-state index in [4.69, 9.17) is 0 Å². The summed E-state index contributed by atoms with van der Waals surface area (Å²) in [6.45, 7) is 5.77. The maximum atomic E-state index is 12.7. The van der Waals surface area contributed by atoms with Crippen molar-refractivity contribution >= 4 is 28.6 Å². The van der Waals surface area contributed by atoms with Gasteiger partial charge in [-0.15, -0.1) is 0 Å². The highest BCUT2D eigenvalue weighted by Gasteiger charge is 2.30. The Labute approximate surface area is 153 Å². The molecule has 1 heterocycles. The van der Waals surface area contributed by atoms with Crippen LogP contribution in [0.4, 0.5) is 5.82 Å². The van der Waals surface area contributed by atoms with E-state index in [9.17, 15) is 14.7 Å². The van der Waals surface area contributed by atoms with Crippen LogP contribution in [0.15, 0.2) is 24.5 Å². The molecule has 7 heteroatoms. The van der Waals surface area contributed by atoms with E-state index in [0.717, 1.165) is 11.2 Å². The summed E-state index contributed by atoms with van der Waals surface area (Å²) in [5.41, 5.74) is 0.299. The number of hydrogen-bond donors (Lipinski definition) is 2. The molecule has 1 aromatic heterocycles. The van der Waals surface area contributed by atoms with Gasteiger partial charge in [0.2, 0.25) is 0 Å². The van der Waals surface area contributed by atoms with Gasteiger partial charge in [0, 0.05) is 30.6 Å². The highest BCUT2D eigenvalue weighted by molar-refractivity contribution is 6.00. The Morgan fingerprint density at radius 1 is 1.27 bits per heavy atom. The van der Waals surface area contributed by atoms with Gasteiger partial charge in [-0.2, -0.15) is 0 Å². The summed E-state index contributed by atoms with van der Waals surface area (Å²) in [4.78, 5) is 34.3. The van der Waals surface area contributed by atoms with E-state index in [-0.39, 0.29) is 18.2 Å². The number of carbonyl (C=O) groups excluding carboxylic acids is 1. The molecule has 0 aliphatic heterocycles. The van der Waals surface area contributed by atoms with E-state index >= 15 is 0 Å². The highest BCUT2D eigenvalue weighted by Crippen LogP contribution is 2.24. The van der Waals surface area contributed by atoms with Crippen molar-refractivity contribution in [2.24, 2.45) is 5.92 Å². The average Bonchev–Trinajstić information content (AvgIpc) is 2.51. The van der Waals surface area contributed by atoms with Crippen LogP contribution in [-0.4, -0.2) is 46.6 Å². The molecular formula is C19H26N4O3. The molecule has 140 valence electrons. The lowest BCUT2D eigenvalue weighted by Crippen LogP contribution is -2.48. The normalized spacial score (nSPS) is 13.5. The summed E-state index contributed by atoms with van der Waals surface area (Å²) < 4.78 is 0. The Morgan fingerprint density at radius 3 is 2.54 bits per heavy atom. The van der Waals surface area contributed by atoms with Gasteiger partial charge in [0.1, 0.15) is 12.1 Å². The minimum absolute atomic E-state index is 0.128. The fourth-order valence-corrected chi connectivity index (χ4v) is 3.29. The fraction of sp³-hybridized carbons (Fsp3) is 0.474. The number of carbonyl (C=O) groups is 2. The minimum Gasteiger partial charge on any atom is -0.481 e. The third-order valence-electron chi connectivity index (χ3n) is 4.12. The van der Waals surface area contributed by atoms with E-state index < -0.39 is 11.5 Å². The first kappa shape index (κ1) is 19.6. The molecule has 7 nitrogen and oxygen atoms in total. The number of anilines is 1. The quantitative estimate of drug-likeness (QED) is 0.790. The number of nitrogens with zero attached hydrogens (tertiary/aromatic N) is 3. The van der Waals surface area contributed by atoms with E-state index in [1.165, 1.54) is 6.33 Å². The molecule has 2 aromatic rings. The van der Waals surface area contributed by atoms with Gasteiger partial charge in [0.05, 0.1) is 11.9 Å². The average molecular weight is 358 g/mol. The standard InChI is InChI=1S/C19H26N4O3/c1-12(2)9-19(3,10-16(24)25)22-18(26)13-6-7-14-15(8-13)20-11-21-17(14)23(4)5/h6-8,11-12H,9-10H2,1-5H3,(H,22,26)(H,24,25). The van der Waals surface area contributed by atoms with Gasteiger partial charge in [0.15, 0.2) is 0 Å². The van der Waals surface area contributed by atoms with Crippen LogP contribution in [-0.2, 0) is 4.79 Å². The van der Waals surface area contributed by atoms with Gasteiger partial charge < -0.3 is 15.3 Å². The smallest absolute Gasteiger partial charge is 0.305 e. The van der Waals surface area contributed by atoms with Gasteiger partial charge in [-0.3, -0.25) is 9.59 Å². The predicted octanol–water partition coefficient (Wildman–Crippen LogP) is 2.71. The first-order chi connectivity index (χ1) is 12.1. The summed E-state index contributed by atoms with van der Waals surface area (Å²) in [6, 6.07) is 5.23. The summed E-state index contributed by atoms with van der Waals surface area (Å²) in [5.74, 6) is -0.208. The number of carboxylic acid groups (broad SMARTS) is 1. The molecular weight excluding hydrogens is 332 g/mol. The number of nitrogens with one attached hydrogen (secondary N) is 1. The third-order valence-corrected chi connectivity index (χ3v) is 4.12. The molecule has 0 aliphatic carbocycles. The van der Waals surface area contributed by atoms with Crippen LogP contribution in [0.25, 0.3) is 10.9 Å². The Morgan fingerprint density at radius 2 is 1.96 bits per heavy atom. The zero-order valence-electron chi connectivity index (χ0n) is 15.9. The lowest BCUT2D eigenvalue weighted by Gasteiger charge is -2.31. The molecule has 0 radical (unpaired) electrons. The SMILES string of the molecule is CC(C)CC(C)(CC(=O)O)NC(=O)c1ccc2c(N(C)C)ncnc2c1. The van der Waals surface area contributed by atoms with Crippen LogP contribution in [0.1, 0.15) is 44.0 Å². The molecule has 26 heavy (non-hydrogen) atoms. The van der Waals surface area contributed by atoms with Crippen LogP contribution >= 0.6 is 0 Å². The molecule has 0 saturated carbocycles. The zero-order chi connectivity index (χ0) is 19.5. The number of fused-ring (bicyclic) bond motifs is 1. The fourth-order valence-electron chi connectivity index (χ4n) is 3.29. The Balaban J connectivity index is 2.32. The molecule has 0 aliphatic rings. The molecule has 2 N–H and O–H groups in total. The number of aromatic nitrogens is 2. The molecule has 0 saturated heterocycles. The summed E-state index contributed by atoms with van der Waals surface area (Å²) in [7, 11) is 3.79. The molecule has 2 rings (SSSR count). The van der Waals surface area contributed by atoms with Gasteiger partial charge in [-0.05, 0) is 37.5 Å². The molecule has 0 fully saturated rings. The second-order valence-corrected chi connectivity index (χ2v) is 7.51. The number of amides is 1. The van der Waals surface area contributed by atoms with Crippen molar-refractivity contribution in [1.82, 2.24) is 15.3 Å². The first-order valence-electron chi connectivity index (χ1n) is 8.58. The van der Waals surface area contributed by atoms with Crippen molar-refractivity contribution in [3.63, 3.8) is 0 Å². The van der Waals surface area contributed by atoms with Crippen molar-refractivity contribution in [3.05, 3.63) is 30.1 Å². The van der Waals surface area contributed by atoms with E-state index in [2.05, 4.69) is 15.3 Å². The highest BCUT2D eigenvalue weighted by atomic mass is 16.4. The summed E-state index contributed by atoms with van der Waals surface area (Å²) >= 11 is 0. The molecule has 1 atom stereocenters. The van der Waals surface area contributed by atoms with E-state index in [0.29, 0.717) is 17.5 Å². The number of benzene rings is 1. The maximum Gasteiger partial charge on any atom is 0.305 e. The van der Waals surface area contributed by atoms with Crippen LogP contribution in [0.5, 0.6) is 0 Å².